The average Bonchev–Trinajstić information content (AvgIpc) is 2.06. The Morgan fingerprint density at radius 1 is 1.40 bits per heavy atom. The lowest BCUT2D eigenvalue weighted by Crippen LogP contribution is -2.14. The second kappa shape index (κ2) is 4.38. The zero-order valence-electron chi connectivity index (χ0n) is 8.49. The van der Waals surface area contributed by atoms with Crippen LogP contribution < -0.4 is 10.5 Å². The van der Waals surface area contributed by atoms with E-state index in [9.17, 15) is 8.42 Å². The van der Waals surface area contributed by atoms with Crippen molar-refractivity contribution in [2.45, 2.75) is 24.8 Å². The van der Waals surface area contributed by atoms with E-state index in [1.165, 1.54) is 18.2 Å². The number of benzene rings is 1. The molecule has 0 atom stereocenters. The first kappa shape index (κ1) is 12.3. The number of hydrogen-bond acceptors (Lipinski definition) is 3. The van der Waals surface area contributed by atoms with Crippen molar-refractivity contribution >= 4 is 27.3 Å². The van der Waals surface area contributed by atoms with Crippen LogP contribution in [0.4, 0.5) is 5.69 Å². The van der Waals surface area contributed by atoms with Gasteiger partial charge in [-0.3, -0.25) is 0 Å². The number of anilines is 1. The molecular formula is C9H13ClN2O2S. The summed E-state index contributed by atoms with van der Waals surface area (Å²) in [5.74, 6) is 0. The van der Waals surface area contributed by atoms with Crippen LogP contribution in [0.2, 0.25) is 5.02 Å². The summed E-state index contributed by atoms with van der Waals surface area (Å²) in [6, 6.07) is 4.48. The highest BCUT2D eigenvalue weighted by Crippen LogP contribution is 2.25. The lowest BCUT2D eigenvalue weighted by atomic mass is 10.3. The van der Waals surface area contributed by atoms with Gasteiger partial charge in [-0.2, -0.15) is 0 Å². The van der Waals surface area contributed by atoms with Gasteiger partial charge in [0.25, 0.3) is 0 Å². The van der Waals surface area contributed by atoms with Crippen molar-refractivity contribution in [1.29, 1.82) is 0 Å². The molecule has 15 heavy (non-hydrogen) atoms. The van der Waals surface area contributed by atoms with E-state index in [2.05, 4.69) is 5.32 Å². The molecule has 0 spiro atoms. The van der Waals surface area contributed by atoms with Crippen LogP contribution in [-0.2, 0) is 10.0 Å². The SMILES string of the molecule is CC(C)Nc1cc(S(N)(=O)=O)ccc1Cl. The lowest BCUT2D eigenvalue weighted by molar-refractivity contribution is 0.598. The van der Waals surface area contributed by atoms with Crippen molar-refractivity contribution in [2.24, 2.45) is 5.14 Å². The Morgan fingerprint density at radius 2 is 2.00 bits per heavy atom. The van der Waals surface area contributed by atoms with Gasteiger partial charge in [0.15, 0.2) is 0 Å². The van der Waals surface area contributed by atoms with Gasteiger partial charge in [-0.15, -0.1) is 0 Å². The van der Waals surface area contributed by atoms with Crippen molar-refractivity contribution in [2.75, 3.05) is 5.32 Å². The molecule has 0 fully saturated rings. The predicted molar refractivity (Wildman–Crippen MR) is 61.6 cm³/mol. The van der Waals surface area contributed by atoms with Crippen LogP contribution in [-0.4, -0.2) is 14.5 Å². The Balaban J connectivity index is 3.17. The van der Waals surface area contributed by atoms with Crippen LogP contribution in [0.3, 0.4) is 0 Å². The van der Waals surface area contributed by atoms with E-state index in [0.717, 1.165) is 0 Å². The third kappa shape index (κ3) is 3.37. The molecule has 0 aromatic heterocycles. The molecule has 0 saturated carbocycles. The first-order valence-corrected chi connectivity index (χ1v) is 6.32. The molecule has 0 unspecified atom stereocenters. The fourth-order valence-electron chi connectivity index (χ4n) is 1.10. The Morgan fingerprint density at radius 3 is 2.47 bits per heavy atom. The quantitative estimate of drug-likeness (QED) is 0.857. The van der Waals surface area contributed by atoms with Gasteiger partial charge in [0.1, 0.15) is 0 Å². The first-order chi connectivity index (χ1) is 6.80. The average molecular weight is 249 g/mol. The Bertz CT molecular complexity index is 457. The topological polar surface area (TPSA) is 72.2 Å². The van der Waals surface area contributed by atoms with E-state index in [4.69, 9.17) is 16.7 Å². The summed E-state index contributed by atoms with van der Waals surface area (Å²) in [6.45, 7) is 3.86. The smallest absolute Gasteiger partial charge is 0.238 e. The summed E-state index contributed by atoms with van der Waals surface area (Å²) >= 11 is 5.89. The fraction of sp³-hybridized carbons (Fsp3) is 0.333. The van der Waals surface area contributed by atoms with Crippen LogP contribution in [0, 0.1) is 0 Å². The van der Waals surface area contributed by atoms with Crippen LogP contribution >= 0.6 is 11.6 Å². The van der Waals surface area contributed by atoms with Crippen molar-refractivity contribution in [3.63, 3.8) is 0 Å². The maximum atomic E-state index is 11.1. The summed E-state index contributed by atoms with van der Waals surface area (Å²) in [4.78, 5) is 0.0510. The van der Waals surface area contributed by atoms with Crippen LogP contribution in [0.25, 0.3) is 0 Å². The van der Waals surface area contributed by atoms with Crippen molar-refractivity contribution in [1.82, 2.24) is 0 Å². The molecule has 0 amide bonds. The first-order valence-electron chi connectivity index (χ1n) is 4.39. The molecular weight excluding hydrogens is 236 g/mol. The van der Waals surface area contributed by atoms with Crippen LogP contribution in [0.1, 0.15) is 13.8 Å². The molecule has 1 aromatic carbocycles. The number of sulfonamides is 1. The van der Waals surface area contributed by atoms with E-state index in [0.29, 0.717) is 10.7 Å². The highest BCUT2D eigenvalue weighted by molar-refractivity contribution is 7.89. The van der Waals surface area contributed by atoms with E-state index < -0.39 is 10.0 Å². The monoisotopic (exact) mass is 248 g/mol. The molecule has 0 aliphatic rings. The zero-order chi connectivity index (χ0) is 11.6. The predicted octanol–water partition coefficient (Wildman–Crippen LogP) is 1.81. The largest absolute Gasteiger partial charge is 0.382 e. The molecule has 0 aliphatic heterocycles. The number of primary sulfonamides is 1. The minimum Gasteiger partial charge on any atom is -0.382 e. The molecule has 6 heteroatoms. The molecule has 0 saturated heterocycles. The molecule has 0 radical (unpaired) electrons. The maximum Gasteiger partial charge on any atom is 0.238 e. The lowest BCUT2D eigenvalue weighted by Gasteiger charge is -2.12. The molecule has 0 bridgehead atoms. The van der Waals surface area contributed by atoms with Gasteiger partial charge < -0.3 is 5.32 Å². The Hall–Kier alpha value is -0.780. The van der Waals surface area contributed by atoms with E-state index in [1.807, 2.05) is 13.8 Å². The van der Waals surface area contributed by atoms with E-state index >= 15 is 0 Å². The van der Waals surface area contributed by atoms with Crippen LogP contribution in [0.15, 0.2) is 23.1 Å². The van der Waals surface area contributed by atoms with E-state index in [-0.39, 0.29) is 10.9 Å². The number of rotatable bonds is 3. The van der Waals surface area contributed by atoms with Gasteiger partial charge in [0.05, 0.1) is 15.6 Å². The maximum absolute atomic E-state index is 11.1. The second-order valence-corrected chi connectivity index (χ2v) is 5.45. The van der Waals surface area contributed by atoms with Gasteiger partial charge in [-0.05, 0) is 32.0 Å². The molecule has 1 rings (SSSR count). The van der Waals surface area contributed by atoms with Crippen LogP contribution in [0.5, 0.6) is 0 Å². The molecule has 84 valence electrons. The third-order valence-electron chi connectivity index (χ3n) is 1.71. The normalized spacial score (nSPS) is 11.8. The number of halogens is 1. The molecule has 4 nitrogen and oxygen atoms in total. The van der Waals surface area contributed by atoms with Crippen molar-refractivity contribution in [3.8, 4) is 0 Å². The molecule has 3 N–H and O–H groups in total. The molecule has 0 heterocycles. The Labute approximate surface area is 94.5 Å². The fourth-order valence-corrected chi connectivity index (χ4v) is 1.81. The van der Waals surface area contributed by atoms with Gasteiger partial charge in [0, 0.05) is 6.04 Å². The second-order valence-electron chi connectivity index (χ2n) is 3.49. The summed E-state index contributed by atoms with van der Waals surface area (Å²) in [5, 5.41) is 8.51. The molecule has 1 aromatic rings. The number of nitrogens with two attached hydrogens (primary N) is 1. The zero-order valence-corrected chi connectivity index (χ0v) is 10.1. The summed E-state index contributed by atoms with van der Waals surface area (Å²) in [5.41, 5.74) is 0.568. The highest BCUT2D eigenvalue weighted by Gasteiger charge is 2.10. The van der Waals surface area contributed by atoms with Gasteiger partial charge >= 0.3 is 0 Å². The van der Waals surface area contributed by atoms with Gasteiger partial charge in [-0.25, -0.2) is 13.6 Å². The van der Waals surface area contributed by atoms with Gasteiger partial charge in [-0.1, -0.05) is 11.6 Å². The third-order valence-corrected chi connectivity index (χ3v) is 2.95. The minimum absolute atomic E-state index is 0.0510. The highest BCUT2D eigenvalue weighted by atomic mass is 35.5. The Kier molecular flexibility index (Phi) is 3.59. The number of hydrogen-bond donors (Lipinski definition) is 2. The summed E-state index contributed by atoms with van der Waals surface area (Å²) in [6.07, 6.45) is 0. The van der Waals surface area contributed by atoms with Crippen molar-refractivity contribution < 1.29 is 8.42 Å². The summed E-state index contributed by atoms with van der Waals surface area (Å²) in [7, 11) is -3.68. The minimum atomic E-state index is -3.68. The summed E-state index contributed by atoms with van der Waals surface area (Å²) < 4.78 is 22.2. The molecule has 0 aliphatic carbocycles. The standard InChI is InChI=1S/C9H13ClN2O2S/c1-6(2)12-9-5-7(15(11,13)14)3-4-8(9)10/h3-6,12H,1-2H3,(H2,11,13,14). The number of nitrogens with one attached hydrogen (secondary N) is 1. The van der Waals surface area contributed by atoms with Gasteiger partial charge in [0.2, 0.25) is 10.0 Å². The van der Waals surface area contributed by atoms with E-state index in [1.54, 1.807) is 0 Å². The van der Waals surface area contributed by atoms with Crippen molar-refractivity contribution in [3.05, 3.63) is 23.2 Å².